The van der Waals surface area contributed by atoms with Crippen LogP contribution in [0.25, 0.3) is 17.2 Å². The number of amides is 1. The molecule has 218 valence electrons. The first-order valence-corrected chi connectivity index (χ1v) is 15.4. The van der Waals surface area contributed by atoms with E-state index in [1.54, 1.807) is 41.3 Å². The third-order valence-electron chi connectivity index (χ3n) is 7.00. The van der Waals surface area contributed by atoms with Crippen molar-refractivity contribution in [2.24, 2.45) is 0 Å². The summed E-state index contributed by atoms with van der Waals surface area (Å²) >= 11 is 19.3. The van der Waals surface area contributed by atoms with Crippen LogP contribution >= 0.6 is 47.2 Å². The molecular formula is C31H28Cl2N2O5S2. The van der Waals surface area contributed by atoms with E-state index in [1.165, 1.54) is 11.8 Å². The maximum Gasteiger partial charge on any atom is 0.335 e. The number of hydrogen-bond acceptors (Lipinski definition) is 7. The van der Waals surface area contributed by atoms with Gasteiger partial charge in [0.2, 0.25) is 0 Å². The minimum Gasteiger partial charge on any atom is -0.492 e. The molecule has 0 saturated carbocycles. The number of carboxylic acid groups (broad SMARTS) is 1. The third kappa shape index (κ3) is 7.53. The third-order valence-corrected chi connectivity index (χ3v) is 9.12. The molecule has 0 bridgehead atoms. The molecule has 1 N–H and O–H groups in total. The van der Waals surface area contributed by atoms with Crippen LogP contribution in [0.1, 0.15) is 21.5 Å². The average molecular weight is 644 g/mol. The Morgan fingerprint density at radius 2 is 1.79 bits per heavy atom. The summed E-state index contributed by atoms with van der Waals surface area (Å²) in [7, 11) is 0. The smallest absolute Gasteiger partial charge is 0.335 e. The Kier molecular flexibility index (Phi) is 10.2. The number of thiocarbonyl (C=S) groups is 1. The van der Waals surface area contributed by atoms with Gasteiger partial charge in [-0.25, -0.2) is 4.79 Å². The number of nitrogens with zero attached hydrogens (tertiary/aromatic N) is 2. The molecule has 2 saturated heterocycles. The van der Waals surface area contributed by atoms with Gasteiger partial charge in [-0.1, -0.05) is 71.4 Å². The molecule has 0 aromatic heterocycles. The number of rotatable bonds is 10. The van der Waals surface area contributed by atoms with E-state index in [0.29, 0.717) is 44.6 Å². The van der Waals surface area contributed by atoms with E-state index in [0.717, 1.165) is 55.1 Å². The van der Waals surface area contributed by atoms with Gasteiger partial charge < -0.3 is 14.6 Å². The summed E-state index contributed by atoms with van der Waals surface area (Å²) in [5.41, 5.74) is 3.66. The quantitative estimate of drug-likeness (QED) is 0.198. The topological polar surface area (TPSA) is 79.3 Å². The summed E-state index contributed by atoms with van der Waals surface area (Å²) in [6, 6.07) is 17.9. The highest BCUT2D eigenvalue weighted by atomic mass is 35.5. The summed E-state index contributed by atoms with van der Waals surface area (Å²) in [5.74, 6) is -0.423. The lowest BCUT2D eigenvalue weighted by Gasteiger charge is -2.26. The van der Waals surface area contributed by atoms with Crippen molar-refractivity contribution in [3.8, 4) is 16.9 Å². The number of morpholine rings is 1. The number of carboxylic acids is 1. The second kappa shape index (κ2) is 14.0. The van der Waals surface area contributed by atoms with Crippen molar-refractivity contribution in [1.29, 1.82) is 0 Å². The lowest BCUT2D eigenvalue weighted by Crippen LogP contribution is -2.38. The van der Waals surface area contributed by atoms with Crippen LogP contribution in [0.3, 0.4) is 0 Å². The fourth-order valence-electron chi connectivity index (χ4n) is 4.66. The zero-order chi connectivity index (χ0) is 29.6. The van der Waals surface area contributed by atoms with Gasteiger partial charge in [-0.05, 0) is 65.6 Å². The van der Waals surface area contributed by atoms with Gasteiger partial charge in [-0.3, -0.25) is 14.6 Å². The SMILES string of the molecule is O=C(O)c1ccc(CCN2C(=O)/C(=C/c3ccc(OCCN4CCOCC4)c(-c4ccc(Cl)c(Cl)c4)c3)SC2=S)cc1. The van der Waals surface area contributed by atoms with Gasteiger partial charge in [0.25, 0.3) is 5.91 Å². The molecule has 2 fully saturated rings. The summed E-state index contributed by atoms with van der Waals surface area (Å²) < 4.78 is 12.1. The minimum absolute atomic E-state index is 0.158. The van der Waals surface area contributed by atoms with Crippen LogP contribution in [0, 0.1) is 0 Å². The van der Waals surface area contributed by atoms with Crippen LogP contribution in [0.15, 0.2) is 65.6 Å². The molecule has 2 heterocycles. The molecule has 1 amide bonds. The fourth-order valence-corrected chi connectivity index (χ4v) is 6.27. The number of ether oxygens (including phenoxy) is 2. The van der Waals surface area contributed by atoms with Crippen molar-refractivity contribution in [2.75, 3.05) is 46.0 Å². The van der Waals surface area contributed by atoms with Crippen molar-refractivity contribution in [2.45, 2.75) is 6.42 Å². The Bertz CT molecular complexity index is 1520. The van der Waals surface area contributed by atoms with Crippen molar-refractivity contribution < 1.29 is 24.2 Å². The van der Waals surface area contributed by atoms with E-state index in [9.17, 15) is 9.59 Å². The van der Waals surface area contributed by atoms with E-state index in [1.807, 2.05) is 30.3 Å². The second-order valence-corrected chi connectivity index (χ2v) is 12.3. The highest BCUT2D eigenvalue weighted by Gasteiger charge is 2.31. The molecule has 3 aromatic rings. The van der Waals surface area contributed by atoms with Crippen LogP contribution < -0.4 is 4.74 Å². The largest absolute Gasteiger partial charge is 0.492 e. The molecule has 0 radical (unpaired) electrons. The van der Waals surface area contributed by atoms with Gasteiger partial charge in [-0.15, -0.1) is 0 Å². The standard InChI is InChI=1S/C31H28Cl2N2O5S2/c32-25-7-6-23(19-26(25)33)24-17-21(3-8-27(24)40-16-13-34-11-14-39-15-12-34)18-28-29(36)35(31(41)42-28)10-9-20-1-4-22(5-2-20)30(37)38/h1-8,17-19H,9-16H2,(H,37,38)/b28-18-. The Morgan fingerprint density at radius 3 is 2.50 bits per heavy atom. The highest BCUT2D eigenvalue weighted by molar-refractivity contribution is 8.26. The molecule has 0 atom stereocenters. The van der Waals surface area contributed by atoms with Gasteiger partial charge in [0, 0.05) is 31.7 Å². The molecule has 11 heteroatoms. The fraction of sp³-hybridized carbons (Fsp3) is 0.258. The normalized spacial score (nSPS) is 16.8. The number of thioether (sulfide) groups is 1. The zero-order valence-electron chi connectivity index (χ0n) is 22.6. The molecule has 0 aliphatic carbocycles. The molecule has 0 unspecified atom stereocenters. The van der Waals surface area contributed by atoms with Crippen LogP contribution in [0.2, 0.25) is 10.0 Å². The summed E-state index contributed by atoms with van der Waals surface area (Å²) in [4.78, 5) is 28.8. The molecule has 2 aliphatic rings. The van der Waals surface area contributed by atoms with E-state index in [4.69, 9.17) is 50.0 Å². The molecule has 7 nitrogen and oxygen atoms in total. The van der Waals surface area contributed by atoms with Gasteiger partial charge in [-0.2, -0.15) is 0 Å². The van der Waals surface area contributed by atoms with Crippen molar-refractivity contribution >= 4 is 69.5 Å². The molecule has 0 spiro atoms. The molecule has 2 aliphatic heterocycles. The maximum atomic E-state index is 13.3. The first-order chi connectivity index (χ1) is 20.3. The van der Waals surface area contributed by atoms with Gasteiger partial charge in [0.15, 0.2) is 0 Å². The molecule has 42 heavy (non-hydrogen) atoms. The zero-order valence-corrected chi connectivity index (χ0v) is 25.7. The van der Waals surface area contributed by atoms with Crippen LogP contribution in [0.5, 0.6) is 5.75 Å². The number of carbonyl (C=O) groups excluding carboxylic acids is 1. The Morgan fingerprint density at radius 1 is 1.02 bits per heavy atom. The van der Waals surface area contributed by atoms with Gasteiger partial charge >= 0.3 is 5.97 Å². The van der Waals surface area contributed by atoms with E-state index < -0.39 is 5.97 Å². The van der Waals surface area contributed by atoms with Crippen molar-refractivity contribution in [3.05, 3.63) is 92.3 Å². The monoisotopic (exact) mass is 642 g/mol. The lowest BCUT2D eigenvalue weighted by molar-refractivity contribution is -0.122. The molecule has 5 rings (SSSR count). The maximum absolute atomic E-state index is 13.3. The Hall–Kier alpha value is -2.92. The average Bonchev–Trinajstić information content (AvgIpc) is 3.26. The van der Waals surface area contributed by atoms with Gasteiger partial charge in [0.1, 0.15) is 16.7 Å². The number of aromatic carboxylic acids is 1. The predicted molar refractivity (Wildman–Crippen MR) is 172 cm³/mol. The summed E-state index contributed by atoms with van der Waals surface area (Å²) in [6.07, 6.45) is 2.39. The van der Waals surface area contributed by atoms with Crippen LogP contribution in [0.4, 0.5) is 0 Å². The number of benzene rings is 3. The van der Waals surface area contributed by atoms with E-state index in [-0.39, 0.29) is 11.5 Å². The summed E-state index contributed by atoms with van der Waals surface area (Å²) in [6.45, 7) is 4.95. The van der Waals surface area contributed by atoms with E-state index >= 15 is 0 Å². The molecular weight excluding hydrogens is 615 g/mol. The minimum atomic E-state index is -0.974. The van der Waals surface area contributed by atoms with Crippen LogP contribution in [-0.2, 0) is 16.0 Å². The van der Waals surface area contributed by atoms with E-state index in [2.05, 4.69) is 4.90 Å². The number of halogens is 2. The Balaban J connectivity index is 1.32. The number of hydrogen-bond donors (Lipinski definition) is 1. The van der Waals surface area contributed by atoms with Crippen molar-refractivity contribution in [1.82, 2.24) is 9.80 Å². The van der Waals surface area contributed by atoms with Crippen molar-refractivity contribution in [3.63, 3.8) is 0 Å². The number of carbonyl (C=O) groups is 2. The summed E-state index contributed by atoms with van der Waals surface area (Å²) in [5, 5.41) is 10.0. The van der Waals surface area contributed by atoms with Gasteiger partial charge in [0.05, 0.1) is 33.7 Å². The first-order valence-electron chi connectivity index (χ1n) is 13.4. The molecule has 3 aromatic carbocycles. The predicted octanol–water partition coefficient (Wildman–Crippen LogP) is 6.51. The Labute approximate surface area is 264 Å². The van der Waals surface area contributed by atoms with Crippen LogP contribution in [-0.4, -0.2) is 77.1 Å². The lowest BCUT2D eigenvalue weighted by atomic mass is 10.0. The highest BCUT2D eigenvalue weighted by Crippen LogP contribution is 2.37. The first kappa shape index (κ1) is 30.5. The second-order valence-electron chi connectivity index (χ2n) is 9.77.